The van der Waals surface area contributed by atoms with E-state index in [4.69, 9.17) is 4.74 Å². The minimum atomic E-state index is -0.617. The summed E-state index contributed by atoms with van der Waals surface area (Å²) in [5.41, 5.74) is 3.40. The van der Waals surface area contributed by atoms with Gasteiger partial charge in [0.1, 0.15) is 24.5 Å². The summed E-state index contributed by atoms with van der Waals surface area (Å²) >= 11 is 1.78. The van der Waals surface area contributed by atoms with Crippen molar-refractivity contribution in [3.05, 3.63) is 78.1 Å². The molecule has 0 bridgehead atoms. The maximum atomic E-state index is 15.1. The van der Waals surface area contributed by atoms with E-state index in [1.807, 2.05) is 19.9 Å². The summed E-state index contributed by atoms with van der Waals surface area (Å²) < 4.78 is 22.6. The number of nitrogens with one attached hydrogen (secondary N) is 3. The highest BCUT2D eigenvalue weighted by Crippen LogP contribution is 2.50. The lowest BCUT2D eigenvalue weighted by molar-refractivity contribution is 0.236. The summed E-state index contributed by atoms with van der Waals surface area (Å²) in [6.45, 7) is 14.3. The first-order valence-corrected chi connectivity index (χ1v) is 18.1. The van der Waals surface area contributed by atoms with Crippen molar-refractivity contribution in [2.45, 2.75) is 57.5 Å². The van der Waals surface area contributed by atoms with Crippen LogP contribution in [-0.4, -0.2) is 59.1 Å². The molecule has 4 aromatic rings. The molecule has 0 saturated carbocycles. The van der Waals surface area contributed by atoms with Crippen molar-refractivity contribution in [2.75, 3.05) is 31.7 Å². The number of benzene rings is 2. The monoisotopic (exact) mass is 636 g/mol. The number of hydrogen-bond acceptors (Lipinski definition) is 8. The normalized spacial score (nSPS) is 14.1. The van der Waals surface area contributed by atoms with E-state index in [0.29, 0.717) is 22.6 Å². The van der Waals surface area contributed by atoms with Crippen molar-refractivity contribution < 1.29 is 9.13 Å². The third kappa shape index (κ3) is 9.48. The minimum Gasteiger partial charge on any atom is -0.485 e. The van der Waals surface area contributed by atoms with Crippen LogP contribution in [0.5, 0.6) is 5.75 Å². The van der Waals surface area contributed by atoms with Crippen LogP contribution in [-0.2, 0) is 6.42 Å². The molecule has 5 rings (SSSR count). The zero-order chi connectivity index (χ0) is 31.3. The van der Waals surface area contributed by atoms with Gasteiger partial charge in [-0.05, 0) is 95.1 Å². The van der Waals surface area contributed by atoms with Gasteiger partial charge in [-0.1, -0.05) is 42.9 Å². The van der Waals surface area contributed by atoms with E-state index in [2.05, 4.69) is 80.5 Å². The van der Waals surface area contributed by atoms with E-state index in [9.17, 15) is 0 Å². The van der Waals surface area contributed by atoms with Gasteiger partial charge < -0.3 is 15.4 Å². The summed E-state index contributed by atoms with van der Waals surface area (Å²) in [6.07, 6.45) is 9.96. The van der Waals surface area contributed by atoms with Gasteiger partial charge in [0.2, 0.25) is 0 Å². The Morgan fingerprint density at radius 2 is 2.00 bits per heavy atom. The average Bonchev–Trinajstić information content (AvgIpc) is 3.58. The quantitative estimate of drug-likeness (QED) is 0.130. The van der Waals surface area contributed by atoms with Crippen LogP contribution in [0.2, 0.25) is 0 Å². The molecule has 1 saturated heterocycles. The molecule has 1 aliphatic rings. The Kier molecular flexibility index (Phi) is 13.0. The molecule has 3 N–H and O–H groups in total. The van der Waals surface area contributed by atoms with E-state index >= 15 is 4.39 Å². The third-order valence-electron chi connectivity index (χ3n) is 6.78. The van der Waals surface area contributed by atoms with Crippen LogP contribution in [0.15, 0.2) is 76.2 Å². The number of ether oxygens (including phenoxy) is 1. The Bertz CT molecular complexity index is 1540. The molecule has 2 aromatic heterocycles. The topological polar surface area (TPSA) is 105 Å². The van der Waals surface area contributed by atoms with Crippen molar-refractivity contribution in [1.29, 1.82) is 0 Å². The molecule has 2 aromatic carbocycles. The SMILES string of the molecule is C1CCNCC1.C=Nn1cnc(-c2cn[nH]c2)c(OC(C)C)/c1=N/CNc1ccc(P(C)Sc2cccc(CC)c2)cc1F. The van der Waals surface area contributed by atoms with E-state index in [0.717, 1.165) is 17.3 Å². The number of piperidine rings is 1. The highest BCUT2D eigenvalue weighted by atomic mass is 32.7. The van der Waals surface area contributed by atoms with Crippen molar-refractivity contribution in [3.8, 4) is 17.0 Å². The fourth-order valence-corrected chi connectivity index (χ4v) is 7.78. The minimum absolute atomic E-state index is 0.0918. The molecule has 0 radical (unpaired) electrons. The highest BCUT2D eigenvalue weighted by Gasteiger charge is 2.16. The molecule has 1 fully saturated rings. The molecule has 234 valence electrons. The van der Waals surface area contributed by atoms with Gasteiger partial charge in [0.15, 0.2) is 11.2 Å². The second-order valence-electron chi connectivity index (χ2n) is 10.4. The van der Waals surface area contributed by atoms with Gasteiger partial charge in [-0.2, -0.15) is 10.2 Å². The van der Waals surface area contributed by atoms with Crippen molar-refractivity contribution >= 4 is 36.2 Å². The van der Waals surface area contributed by atoms with Crippen LogP contribution in [0, 0.1) is 5.82 Å². The predicted molar refractivity (Wildman–Crippen MR) is 182 cm³/mol. The first kappa shape index (κ1) is 33.4. The first-order valence-electron chi connectivity index (χ1n) is 14.9. The largest absolute Gasteiger partial charge is 0.485 e. The lowest BCUT2D eigenvalue weighted by Gasteiger charge is -2.15. The second kappa shape index (κ2) is 17.1. The smallest absolute Gasteiger partial charge is 0.197 e. The number of aryl methyl sites for hydroxylation is 1. The number of aromatic nitrogens is 4. The van der Waals surface area contributed by atoms with E-state index in [1.165, 1.54) is 53.8 Å². The van der Waals surface area contributed by atoms with Crippen molar-refractivity contribution in [2.24, 2.45) is 10.1 Å². The number of rotatable bonds is 11. The molecule has 44 heavy (non-hydrogen) atoms. The van der Waals surface area contributed by atoms with Crippen LogP contribution in [0.3, 0.4) is 0 Å². The molecule has 9 nitrogen and oxygen atoms in total. The average molecular weight is 637 g/mol. The van der Waals surface area contributed by atoms with Gasteiger partial charge in [-0.15, -0.1) is 0 Å². The zero-order valence-electron chi connectivity index (χ0n) is 25.9. The maximum absolute atomic E-state index is 15.1. The van der Waals surface area contributed by atoms with Gasteiger partial charge in [-0.25, -0.2) is 19.0 Å². The second-order valence-corrected chi connectivity index (χ2v) is 14.8. The number of H-pyrrole nitrogens is 1. The highest BCUT2D eigenvalue weighted by molar-refractivity contribution is 8.57. The number of anilines is 1. The fourth-order valence-electron chi connectivity index (χ4n) is 4.49. The van der Waals surface area contributed by atoms with Crippen LogP contribution < -0.4 is 26.2 Å². The number of halogens is 1. The zero-order valence-corrected chi connectivity index (χ0v) is 27.6. The Morgan fingerprint density at radius 1 is 1.18 bits per heavy atom. The number of hydrogen-bond donors (Lipinski definition) is 3. The molecule has 1 aliphatic heterocycles. The summed E-state index contributed by atoms with van der Waals surface area (Å²) in [6, 6.07) is 13.8. The van der Waals surface area contributed by atoms with Gasteiger partial charge in [0.25, 0.3) is 0 Å². The number of nitrogens with zero attached hydrogens (tertiary/aromatic N) is 5. The van der Waals surface area contributed by atoms with Crippen LogP contribution in [0.1, 0.15) is 45.6 Å². The maximum Gasteiger partial charge on any atom is 0.197 e. The lowest BCUT2D eigenvalue weighted by Crippen LogP contribution is -2.25. The summed E-state index contributed by atoms with van der Waals surface area (Å²) in [5, 5.41) is 18.1. The van der Waals surface area contributed by atoms with Crippen LogP contribution in [0.25, 0.3) is 11.3 Å². The molecule has 1 unspecified atom stereocenters. The molecular formula is C32H42FN8OPS. The number of aromatic amines is 1. The molecule has 1 atom stereocenters. The van der Waals surface area contributed by atoms with Gasteiger partial charge in [0, 0.05) is 23.4 Å². The van der Waals surface area contributed by atoms with E-state index in [1.54, 1.807) is 35.9 Å². The van der Waals surface area contributed by atoms with Gasteiger partial charge in [-0.3, -0.25) is 5.10 Å². The third-order valence-corrected chi connectivity index (χ3v) is 10.6. The van der Waals surface area contributed by atoms with Crippen LogP contribution >= 0.6 is 18.5 Å². The molecule has 0 amide bonds. The fraction of sp³-hybridized carbons (Fsp3) is 0.375. The Hall–Kier alpha value is -3.53. The summed E-state index contributed by atoms with van der Waals surface area (Å²) in [4.78, 5) is 10.3. The molecular weight excluding hydrogens is 594 g/mol. The van der Waals surface area contributed by atoms with Crippen molar-refractivity contribution in [3.63, 3.8) is 0 Å². The first-order chi connectivity index (χ1) is 21.4. The van der Waals surface area contributed by atoms with E-state index in [-0.39, 0.29) is 18.6 Å². The Balaban J connectivity index is 0.000000657. The molecule has 0 spiro atoms. The summed E-state index contributed by atoms with van der Waals surface area (Å²) in [7, 11) is -0.617. The van der Waals surface area contributed by atoms with Gasteiger partial charge in [0.05, 0.1) is 18.0 Å². The van der Waals surface area contributed by atoms with Gasteiger partial charge >= 0.3 is 0 Å². The Labute approximate surface area is 264 Å². The van der Waals surface area contributed by atoms with Crippen molar-refractivity contribution in [1.82, 2.24) is 25.2 Å². The van der Waals surface area contributed by atoms with E-state index < -0.39 is 7.12 Å². The lowest BCUT2D eigenvalue weighted by atomic mass is 10.2. The molecule has 0 aliphatic carbocycles. The van der Waals surface area contributed by atoms with Crippen LogP contribution in [0.4, 0.5) is 10.1 Å². The Morgan fingerprint density at radius 3 is 2.61 bits per heavy atom. The summed E-state index contributed by atoms with van der Waals surface area (Å²) in [5.74, 6) is 0.117. The molecule has 3 heterocycles. The standard InChI is InChI=1S/C27H31FN7OPS.C5H11N/c1-6-19-8-7-9-22(12-19)38-37(5)21-10-11-24(23(28)13-21)30-16-31-27-26(36-18(2)3)25(20-14-33-34-15-20)32-17-35(27)29-4;1-2-4-6-5-3-1/h7-15,17-18,30H,4,6,16H2,1-3,5H3,(H,33,34);6H,1-5H2/b31-27-;. The predicted octanol–water partition coefficient (Wildman–Crippen LogP) is 6.40. The molecule has 12 heteroatoms.